The summed E-state index contributed by atoms with van der Waals surface area (Å²) < 4.78 is 13.2. The molecule has 1 saturated carbocycles. The highest BCUT2D eigenvalue weighted by Gasteiger charge is 2.27. The van der Waals surface area contributed by atoms with Gasteiger partial charge in [-0.25, -0.2) is 9.97 Å². The Balaban J connectivity index is 2.05. The summed E-state index contributed by atoms with van der Waals surface area (Å²) in [6.45, 7) is 0. The molecule has 0 saturated heterocycles. The van der Waals surface area contributed by atoms with Gasteiger partial charge in [0.25, 0.3) is 5.95 Å². The Kier molecular flexibility index (Phi) is 3.41. The van der Waals surface area contributed by atoms with E-state index in [1.54, 1.807) is 0 Å². The summed E-state index contributed by atoms with van der Waals surface area (Å²) in [7, 11) is 0. The predicted molar refractivity (Wildman–Crippen MR) is 60.6 cm³/mol. The van der Waals surface area contributed by atoms with Crippen molar-refractivity contribution in [2.45, 2.75) is 30.6 Å². The van der Waals surface area contributed by atoms with E-state index >= 15 is 0 Å². The van der Waals surface area contributed by atoms with Gasteiger partial charge in [-0.1, -0.05) is 6.42 Å². The standard InChI is InChI=1S/C10H14FN3S/c1-15-8-4-2-3-7(8)14-10-9(11)12-5-6-13-10/h5-8H,2-4H2,1H3,(H,13,14). The molecule has 3 nitrogen and oxygen atoms in total. The Labute approximate surface area is 92.9 Å². The molecule has 1 aromatic heterocycles. The van der Waals surface area contributed by atoms with E-state index in [-0.39, 0.29) is 5.82 Å². The van der Waals surface area contributed by atoms with E-state index in [4.69, 9.17) is 0 Å². The van der Waals surface area contributed by atoms with Gasteiger partial charge in [-0.05, 0) is 19.1 Å². The monoisotopic (exact) mass is 227 g/mol. The molecule has 1 fully saturated rings. The summed E-state index contributed by atoms with van der Waals surface area (Å²) >= 11 is 1.83. The minimum atomic E-state index is -0.510. The van der Waals surface area contributed by atoms with Crippen LogP contribution in [0.2, 0.25) is 0 Å². The highest BCUT2D eigenvalue weighted by Crippen LogP contribution is 2.30. The summed E-state index contributed by atoms with van der Waals surface area (Å²) in [5.74, 6) is -0.229. The maximum Gasteiger partial charge on any atom is 0.255 e. The first-order valence-electron chi connectivity index (χ1n) is 5.07. The van der Waals surface area contributed by atoms with Gasteiger partial charge in [-0.15, -0.1) is 0 Å². The maximum absolute atomic E-state index is 13.2. The van der Waals surface area contributed by atoms with Crippen LogP contribution in [0.1, 0.15) is 19.3 Å². The van der Waals surface area contributed by atoms with Crippen LogP contribution in [-0.2, 0) is 0 Å². The molecule has 1 aliphatic carbocycles. The molecule has 0 aromatic carbocycles. The molecule has 5 heteroatoms. The third-order valence-electron chi connectivity index (χ3n) is 2.73. The molecule has 0 aliphatic heterocycles. The molecule has 1 heterocycles. The lowest BCUT2D eigenvalue weighted by molar-refractivity contribution is 0.576. The summed E-state index contributed by atoms with van der Waals surface area (Å²) in [5, 5.41) is 3.70. The van der Waals surface area contributed by atoms with E-state index in [0.717, 1.165) is 6.42 Å². The molecular formula is C10H14FN3S. The van der Waals surface area contributed by atoms with Crippen molar-refractivity contribution in [3.05, 3.63) is 18.3 Å². The maximum atomic E-state index is 13.2. The highest BCUT2D eigenvalue weighted by atomic mass is 32.2. The van der Waals surface area contributed by atoms with E-state index < -0.39 is 5.95 Å². The molecule has 2 rings (SSSR count). The third kappa shape index (κ3) is 2.40. The van der Waals surface area contributed by atoms with Crippen LogP contribution in [0.15, 0.2) is 12.4 Å². The SMILES string of the molecule is CSC1CCCC1Nc1nccnc1F. The van der Waals surface area contributed by atoms with Gasteiger partial charge in [0.1, 0.15) is 0 Å². The molecule has 82 valence electrons. The molecule has 0 amide bonds. The van der Waals surface area contributed by atoms with Gasteiger partial charge < -0.3 is 5.32 Å². The number of nitrogens with zero attached hydrogens (tertiary/aromatic N) is 2. The quantitative estimate of drug-likeness (QED) is 0.860. The molecule has 2 unspecified atom stereocenters. The van der Waals surface area contributed by atoms with Gasteiger partial charge in [0.15, 0.2) is 5.82 Å². The van der Waals surface area contributed by atoms with Crippen molar-refractivity contribution < 1.29 is 4.39 Å². The summed E-state index contributed by atoms with van der Waals surface area (Å²) in [4.78, 5) is 7.53. The van der Waals surface area contributed by atoms with Crippen LogP contribution in [0.5, 0.6) is 0 Å². The summed E-state index contributed by atoms with van der Waals surface area (Å²) in [6, 6.07) is 0.325. The second-order valence-corrected chi connectivity index (χ2v) is 4.73. The zero-order chi connectivity index (χ0) is 10.7. The van der Waals surface area contributed by atoms with Gasteiger partial charge in [0, 0.05) is 23.7 Å². The van der Waals surface area contributed by atoms with Crippen LogP contribution in [0.3, 0.4) is 0 Å². The molecule has 15 heavy (non-hydrogen) atoms. The van der Waals surface area contributed by atoms with Crippen molar-refractivity contribution in [2.75, 3.05) is 11.6 Å². The fourth-order valence-electron chi connectivity index (χ4n) is 1.97. The smallest absolute Gasteiger partial charge is 0.255 e. The molecule has 0 radical (unpaired) electrons. The first-order valence-corrected chi connectivity index (χ1v) is 6.36. The molecular weight excluding hydrogens is 213 g/mol. The van der Waals surface area contributed by atoms with Crippen molar-refractivity contribution >= 4 is 17.6 Å². The lowest BCUT2D eigenvalue weighted by atomic mass is 10.2. The number of hydrogen-bond acceptors (Lipinski definition) is 4. The zero-order valence-electron chi connectivity index (χ0n) is 8.61. The molecule has 1 aliphatic rings. The Morgan fingerprint density at radius 3 is 2.93 bits per heavy atom. The Bertz CT molecular complexity index is 334. The topological polar surface area (TPSA) is 37.8 Å². The average Bonchev–Trinajstić information content (AvgIpc) is 2.69. The lowest BCUT2D eigenvalue weighted by Crippen LogP contribution is -2.26. The van der Waals surface area contributed by atoms with Gasteiger partial charge in [-0.3, -0.25) is 0 Å². The fraction of sp³-hybridized carbons (Fsp3) is 0.600. The van der Waals surface area contributed by atoms with Crippen molar-refractivity contribution in [1.29, 1.82) is 0 Å². The van der Waals surface area contributed by atoms with Crippen LogP contribution in [0.4, 0.5) is 10.2 Å². The van der Waals surface area contributed by atoms with Crippen LogP contribution < -0.4 is 5.32 Å². The minimum absolute atomic E-state index is 0.281. The van der Waals surface area contributed by atoms with Crippen LogP contribution in [-0.4, -0.2) is 27.5 Å². The Morgan fingerprint density at radius 2 is 2.20 bits per heavy atom. The van der Waals surface area contributed by atoms with Crippen molar-refractivity contribution in [2.24, 2.45) is 0 Å². The van der Waals surface area contributed by atoms with Crippen LogP contribution in [0, 0.1) is 5.95 Å². The van der Waals surface area contributed by atoms with Crippen molar-refractivity contribution in [3.8, 4) is 0 Å². The number of aromatic nitrogens is 2. The summed E-state index contributed by atoms with van der Waals surface area (Å²) in [5.41, 5.74) is 0. The molecule has 1 aromatic rings. The lowest BCUT2D eigenvalue weighted by Gasteiger charge is -2.19. The van der Waals surface area contributed by atoms with E-state index in [1.165, 1.54) is 25.2 Å². The third-order valence-corrected chi connectivity index (χ3v) is 3.90. The van der Waals surface area contributed by atoms with Crippen molar-refractivity contribution in [3.63, 3.8) is 0 Å². The van der Waals surface area contributed by atoms with Gasteiger partial charge in [0.05, 0.1) is 0 Å². The van der Waals surface area contributed by atoms with Crippen LogP contribution >= 0.6 is 11.8 Å². The highest BCUT2D eigenvalue weighted by molar-refractivity contribution is 7.99. The number of anilines is 1. The van der Waals surface area contributed by atoms with E-state index in [1.807, 2.05) is 11.8 Å². The average molecular weight is 227 g/mol. The molecule has 2 atom stereocenters. The molecule has 1 N–H and O–H groups in total. The summed E-state index contributed by atoms with van der Waals surface area (Å²) in [6.07, 6.45) is 8.45. The Hall–Kier alpha value is -0.840. The minimum Gasteiger partial charge on any atom is -0.362 e. The second-order valence-electron chi connectivity index (χ2n) is 3.65. The zero-order valence-corrected chi connectivity index (χ0v) is 9.43. The first kappa shape index (κ1) is 10.7. The molecule has 0 spiro atoms. The van der Waals surface area contributed by atoms with E-state index in [0.29, 0.717) is 11.3 Å². The Morgan fingerprint density at radius 1 is 1.40 bits per heavy atom. The molecule has 0 bridgehead atoms. The first-order chi connectivity index (χ1) is 7.31. The number of rotatable bonds is 3. The van der Waals surface area contributed by atoms with Gasteiger partial charge in [-0.2, -0.15) is 16.2 Å². The van der Waals surface area contributed by atoms with Gasteiger partial charge in [0.2, 0.25) is 0 Å². The van der Waals surface area contributed by atoms with E-state index in [9.17, 15) is 4.39 Å². The van der Waals surface area contributed by atoms with Gasteiger partial charge >= 0.3 is 0 Å². The largest absolute Gasteiger partial charge is 0.362 e. The second kappa shape index (κ2) is 4.79. The van der Waals surface area contributed by atoms with Crippen molar-refractivity contribution in [1.82, 2.24) is 9.97 Å². The van der Waals surface area contributed by atoms with Crippen LogP contribution in [0.25, 0.3) is 0 Å². The predicted octanol–water partition coefficient (Wildman–Crippen LogP) is 2.31. The number of hydrogen-bond donors (Lipinski definition) is 1. The number of halogens is 1. The fourth-order valence-corrected chi connectivity index (χ4v) is 2.90. The number of thioether (sulfide) groups is 1. The van der Waals surface area contributed by atoms with E-state index in [2.05, 4.69) is 21.5 Å². The normalized spacial score (nSPS) is 25.5. The number of nitrogens with one attached hydrogen (secondary N) is 1.